The predicted octanol–water partition coefficient (Wildman–Crippen LogP) is -0.346. The van der Waals surface area contributed by atoms with Crippen molar-refractivity contribution in [2.45, 2.75) is 28.5 Å². The zero-order chi connectivity index (χ0) is 37.7. The maximum absolute atomic E-state index is 15.0. The third-order valence-electron chi connectivity index (χ3n) is 8.53. The molecule has 0 unspecified atom stereocenters. The summed E-state index contributed by atoms with van der Waals surface area (Å²) < 4.78 is 0. The van der Waals surface area contributed by atoms with Gasteiger partial charge in [0, 0.05) is 89.8 Å². The molecule has 5 aromatic heterocycles. The Morgan fingerprint density at radius 3 is 1.06 bits per heavy atom. The fraction of sp³-hybridized carbons (Fsp3) is 0.167. The van der Waals surface area contributed by atoms with Crippen LogP contribution in [0.3, 0.4) is 0 Å². The smallest absolute Gasteiger partial charge is 0.230 e. The van der Waals surface area contributed by atoms with Crippen LogP contribution >= 0.6 is 0 Å². The minimum Gasteiger partial charge on any atom is -0.394 e. The molecule has 0 saturated carbocycles. The SMILES string of the molecule is O=C(c1cccnc1)C(O)(C(=O)c1cccnc1)[C@@](O)(C(=O)c1cccnc1)[C@@](O)(C(=O)c1cccnc1)[C@@](O)(C(=O)c1cccnc1)[C@H](O)CO. The number of Topliss-reactive ketones (excluding diaryl/α,β-unsaturated/α-hetero) is 5. The molecule has 0 amide bonds. The van der Waals surface area contributed by atoms with Gasteiger partial charge in [0.2, 0.25) is 45.7 Å². The lowest BCUT2D eigenvalue weighted by Gasteiger charge is -2.54. The van der Waals surface area contributed by atoms with Crippen molar-refractivity contribution in [2.24, 2.45) is 0 Å². The van der Waals surface area contributed by atoms with Crippen LogP contribution in [0.2, 0.25) is 0 Å². The Bertz CT molecular complexity index is 2040. The van der Waals surface area contributed by atoms with Crippen molar-refractivity contribution in [3.8, 4) is 0 Å². The second kappa shape index (κ2) is 14.6. The molecule has 264 valence electrons. The van der Waals surface area contributed by atoms with Crippen LogP contribution in [0.5, 0.6) is 0 Å². The molecule has 0 aliphatic rings. The van der Waals surface area contributed by atoms with Crippen LogP contribution < -0.4 is 0 Å². The number of ketones is 5. The molecule has 5 aromatic rings. The highest BCUT2D eigenvalue weighted by molar-refractivity contribution is 6.30. The third-order valence-corrected chi connectivity index (χ3v) is 8.53. The van der Waals surface area contributed by atoms with Crippen molar-refractivity contribution < 1.29 is 54.6 Å². The fourth-order valence-electron chi connectivity index (χ4n) is 5.87. The Labute approximate surface area is 293 Å². The van der Waals surface area contributed by atoms with Crippen molar-refractivity contribution in [1.29, 1.82) is 0 Å². The Hall–Kier alpha value is -6.14. The van der Waals surface area contributed by atoms with E-state index in [4.69, 9.17) is 0 Å². The van der Waals surface area contributed by atoms with Crippen LogP contribution in [0.1, 0.15) is 51.8 Å². The van der Waals surface area contributed by atoms with E-state index in [-0.39, 0.29) is 0 Å². The molecular formula is C36H29N5O11. The van der Waals surface area contributed by atoms with Crippen LogP contribution in [-0.2, 0) is 0 Å². The van der Waals surface area contributed by atoms with E-state index in [1.54, 1.807) is 0 Å². The largest absolute Gasteiger partial charge is 0.394 e. The standard InChI is InChI=1S/C36H29N5O11/c42-21-27(43)33(49,28(44)22-6-1-11-37-16-22)35(51,31(47)25-9-4-14-40-19-25)36(52,32(48)26-10-5-15-41-20-26)34(50,29(45)23-7-2-12-38-17-23)30(46)24-8-3-13-39-18-24/h1-20,27,42-43,49-52H,21H2/t27-,33+,35-,36+/m1/s1. The summed E-state index contributed by atoms with van der Waals surface area (Å²) in [5.41, 5.74) is -21.8. The molecule has 5 heterocycles. The molecule has 4 atom stereocenters. The fourth-order valence-corrected chi connectivity index (χ4v) is 5.87. The van der Waals surface area contributed by atoms with E-state index in [1.165, 1.54) is 36.8 Å². The summed E-state index contributed by atoms with van der Waals surface area (Å²) in [7, 11) is 0. The minimum absolute atomic E-state index is 0.674. The van der Waals surface area contributed by atoms with Crippen LogP contribution in [-0.4, -0.2) is 120 Å². The molecule has 52 heavy (non-hydrogen) atoms. The number of aromatic nitrogens is 5. The number of nitrogens with zero attached hydrogens (tertiary/aromatic N) is 5. The van der Waals surface area contributed by atoms with E-state index in [1.807, 2.05) is 0 Å². The molecule has 0 aliphatic carbocycles. The van der Waals surface area contributed by atoms with Gasteiger partial charge in [-0.05, 0) is 60.7 Å². The van der Waals surface area contributed by atoms with Crippen molar-refractivity contribution >= 4 is 28.9 Å². The predicted molar refractivity (Wildman–Crippen MR) is 176 cm³/mol. The number of hydrogen-bond donors (Lipinski definition) is 6. The van der Waals surface area contributed by atoms with E-state index in [0.717, 1.165) is 85.8 Å². The van der Waals surface area contributed by atoms with E-state index >= 15 is 0 Å². The highest BCUT2D eigenvalue weighted by Gasteiger charge is 2.82. The Balaban J connectivity index is 2.04. The molecular weight excluding hydrogens is 678 g/mol. The highest BCUT2D eigenvalue weighted by Crippen LogP contribution is 2.49. The summed E-state index contributed by atoms with van der Waals surface area (Å²) in [6, 6.07) is 10.7. The Kier molecular flexibility index (Phi) is 10.4. The van der Waals surface area contributed by atoms with E-state index in [2.05, 4.69) is 24.9 Å². The highest BCUT2D eigenvalue weighted by atomic mass is 16.4. The second-order valence-electron chi connectivity index (χ2n) is 11.5. The number of aliphatic hydroxyl groups is 6. The number of aliphatic hydroxyl groups excluding tert-OH is 2. The minimum atomic E-state index is -4.74. The van der Waals surface area contributed by atoms with E-state index in [9.17, 15) is 54.6 Å². The summed E-state index contributed by atoms with van der Waals surface area (Å²) in [5, 5.41) is 73.4. The van der Waals surface area contributed by atoms with Crippen molar-refractivity contribution in [3.63, 3.8) is 0 Å². The topological polar surface area (TPSA) is 271 Å². The molecule has 0 fully saturated rings. The first kappa shape index (κ1) is 37.1. The Morgan fingerprint density at radius 1 is 0.481 bits per heavy atom. The first-order valence-corrected chi connectivity index (χ1v) is 15.2. The molecule has 5 rings (SSSR count). The van der Waals surface area contributed by atoms with Gasteiger partial charge in [-0.25, -0.2) is 0 Å². The molecule has 0 bridgehead atoms. The van der Waals surface area contributed by atoms with Crippen molar-refractivity contribution in [3.05, 3.63) is 150 Å². The first-order valence-electron chi connectivity index (χ1n) is 15.2. The first-order chi connectivity index (χ1) is 24.8. The normalized spacial score (nSPS) is 15.6. The molecule has 0 aromatic carbocycles. The lowest BCUT2D eigenvalue weighted by Crippen LogP contribution is -2.87. The summed E-state index contributed by atoms with van der Waals surface area (Å²) in [5.74, 6) is -9.66. The van der Waals surface area contributed by atoms with Gasteiger partial charge in [0.1, 0.15) is 6.10 Å². The molecule has 0 aliphatic heterocycles. The molecule has 0 saturated heterocycles. The average molecular weight is 708 g/mol. The Morgan fingerprint density at radius 2 is 0.769 bits per heavy atom. The zero-order valence-electron chi connectivity index (χ0n) is 26.8. The van der Waals surface area contributed by atoms with Crippen LogP contribution in [0.25, 0.3) is 0 Å². The zero-order valence-corrected chi connectivity index (χ0v) is 26.8. The van der Waals surface area contributed by atoms with Gasteiger partial charge in [-0.3, -0.25) is 48.9 Å². The van der Waals surface area contributed by atoms with Gasteiger partial charge in [0.15, 0.2) is 5.60 Å². The van der Waals surface area contributed by atoms with Gasteiger partial charge < -0.3 is 30.6 Å². The van der Waals surface area contributed by atoms with Gasteiger partial charge in [-0.2, -0.15) is 0 Å². The van der Waals surface area contributed by atoms with Crippen LogP contribution in [0.4, 0.5) is 0 Å². The van der Waals surface area contributed by atoms with Gasteiger partial charge >= 0.3 is 0 Å². The molecule has 16 nitrogen and oxygen atoms in total. The van der Waals surface area contributed by atoms with Gasteiger partial charge in [-0.1, -0.05) is 0 Å². The number of rotatable bonds is 15. The quantitative estimate of drug-likeness (QED) is 0.0600. The summed E-state index contributed by atoms with van der Waals surface area (Å²) >= 11 is 0. The van der Waals surface area contributed by atoms with Gasteiger partial charge in [0.05, 0.1) is 6.61 Å². The van der Waals surface area contributed by atoms with E-state index in [0.29, 0.717) is 0 Å². The molecule has 16 heteroatoms. The molecule has 0 spiro atoms. The van der Waals surface area contributed by atoms with Crippen molar-refractivity contribution in [2.75, 3.05) is 6.61 Å². The third kappa shape index (κ3) is 5.70. The van der Waals surface area contributed by atoms with Crippen LogP contribution in [0.15, 0.2) is 123 Å². The van der Waals surface area contributed by atoms with Crippen LogP contribution in [0, 0.1) is 0 Å². The summed E-state index contributed by atoms with van der Waals surface area (Å²) in [4.78, 5) is 92.6. The molecule has 6 N–H and O–H groups in total. The number of pyridine rings is 5. The molecule has 0 radical (unpaired) electrons. The van der Waals surface area contributed by atoms with Crippen molar-refractivity contribution in [1.82, 2.24) is 24.9 Å². The van der Waals surface area contributed by atoms with Gasteiger partial charge in [-0.15, -0.1) is 0 Å². The lowest BCUT2D eigenvalue weighted by molar-refractivity contribution is -0.241. The van der Waals surface area contributed by atoms with Gasteiger partial charge in [0.25, 0.3) is 0 Å². The number of carbonyl (C=O) groups is 5. The summed E-state index contributed by atoms with van der Waals surface area (Å²) in [6.07, 6.45) is 6.84. The lowest BCUT2D eigenvalue weighted by atomic mass is 9.53. The average Bonchev–Trinajstić information content (AvgIpc) is 3.22. The monoisotopic (exact) mass is 707 g/mol. The van der Waals surface area contributed by atoms with E-state index < -0.39 is 91.8 Å². The second-order valence-corrected chi connectivity index (χ2v) is 11.5. The maximum atomic E-state index is 15.0. The summed E-state index contributed by atoms with van der Waals surface area (Å²) in [6.45, 7) is -1.66. The number of hydrogen-bond acceptors (Lipinski definition) is 16. The number of carbonyl (C=O) groups excluding carboxylic acids is 5. The maximum Gasteiger partial charge on any atom is 0.230 e.